The van der Waals surface area contributed by atoms with Gasteiger partial charge in [-0.3, -0.25) is 9.50 Å². The maximum absolute atomic E-state index is 10.4. The Labute approximate surface area is 58.0 Å². The molecule has 0 aliphatic carbocycles. The number of hydrogen-bond acceptors (Lipinski definition) is 1. The number of primary amides is 1. The average Bonchev–Trinajstić information content (AvgIpc) is 1.90. The Hall–Kier alpha value is -1.38. The molecule has 1 rings (SSSR count). The third-order valence-electron chi connectivity index (χ3n) is 1.06. The molecule has 0 saturated carbocycles. The Bertz CT molecular complexity index is 210. The van der Waals surface area contributed by atoms with Crippen molar-refractivity contribution in [1.29, 1.82) is 0 Å². The van der Waals surface area contributed by atoms with E-state index in [0.29, 0.717) is 5.56 Å². The summed E-state index contributed by atoms with van der Waals surface area (Å²) < 4.78 is 0. The highest BCUT2D eigenvalue weighted by Gasteiger charge is 1.93. The van der Waals surface area contributed by atoms with E-state index in [4.69, 9.17) is 5.73 Å². The smallest absolute Gasteiger partial charge is 0.248 e. The van der Waals surface area contributed by atoms with Gasteiger partial charge in [-0.2, -0.15) is 0 Å². The van der Waals surface area contributed by atoms with Crippen molar-refractivity contribution in [1.82, 2.24) is 0 Å². The molecule has 54 valence electrons. The minimum Gasteiger partial charge on any atom is -0.366 e. The number of benzene rings is 1. The number of halogens is 1. The standard InChI is InChI=1S/C7H7NO.FH/c8-7(9)6-4-2-1-3-5-6;/h1-5H,(H2,8,9);1H. The van der Waals surface area contributed by atoms with Gasteiger partial charge in [0.15, 0.2) is 0 Å². The summed E-state index contributed by atoms with van der Waals surface area (Å²) in [5.74, 6) is -0.379. The molecule has 1 amide bonds. The predicted molar refractivity (Wildman–Crippen MR) is 37.5 cm³/mol. The lowest BCUT2D eigenvalue weighted by Crippen LogP contribution is -2.09. The van der Waals surface area contributed by atoms with Gasteiger partial charge in [-0.25, -0.2) is 0 Å². The van der Waals surface area contributed by atoms with E-state index < -0.39 is 0 Å². The molecule has 0 saturated heterocycles. The van der Waals surface area contributed by atoms with E-state index in [1.165, 1.54) is 0 Å². The summed E-state index contributed by atoms with van der Waals surface area (Å²) in [5, 5.41) is 0. The Balaban J connectivity index is 0.000000810. The first-order valence-electron chi connectivity index (χ1n) is 2.65. The maximum atomic E-state index is 10.4. The van der Waals surface area contributed by atoms with E-state index >= 15 is 0 Å². The van der Waals surface area contributed by atoms with Crippen molar-refractivity contribution >= 4 is 5.91 Å². The number of hydrogen-bond donors (Lipinski definition) is 1. The summed E-state index contributed by atoms with van der Waals surface area (Å²) in [6, 6.07) is 8.76. The average molecular weight is 141 g/mol. The van der Waals surface area contributed by atoms with Crippen molar-refractivity contribution in [2.45, 2.75) is 0 Å². The van der Waals surface area contributed by atoms with Crippen LogP contribution in [-0.4, -0.2) is 5.91 Å². The molecule has 10 heavy (non-hydrogen) atoms. The molecule has 3 heteroatoms. The van der Waals surface area contributed by atoms with Crippen LogP contribution in [0.3, 0.4) is 0 Å². The van der Waals surface area contributed by atoms with Crippen LogP contribution in [0.2, 0.25) is 0 Å². The molecule has 0 heterocycles. The van der Waals surface area contributed by atoms with Crippen LogP contribution in [0, 0.1) is 0 Å². The van der Waals surface area contributed by atoms with Crippen LogP contribution in [0.15, 0.2) is 30.3 Å². The van der Waals surface area contributed by atoms with Crippen LogP contribution in [0.5, 0.6) is 0 Å². The third kappa shape index (κ3) is 1.85. The van der Waals surface area contributed by atoms with Crippen LogP contribution >= 0.6 is 0 Å². The number of rotatable bonds is 1. The molecule has 2 N–H and O–H groups in total. The monoisotopic (exact) mass is 141 g/mol. The molecule has 0 spiro atoms. The number of amides is 1. The van der Waals surface area contributed by atoms with Crippen molar-refractivity contribution < 1.29 is 9.50 Å². The zero-order chi connectivity index (χ0) is 6.69. The molecule has 1 aromatic rings. The topological polar surface area (TPSA) is 43.1 Å². The van der Waals surface area contributed by atoms with Crippen molar-refractivity contribution in [2.75, 3.05) is 0 Å². The third-order valence-corrected chi connectivity index (χ3v) is 1.06. The van der Waals surface area contributed by atoms with Crippen LogP contribution < -0.4 is 5.73 Å². The zero-order valence-corrected chi connectivity index (χ0v) is 5.28. The summed E-state index contributed by atoms with van der Waals surface area (Å²) in [5.41, 5.74) is 5.53. The van der Waals surface area contributed by atoms with E-state index in [2.05, 4.69) is 0 Å². The Morgan fingerprint density at radius 2 is 1.70 bits per heavy atom. The molecule has 2 nitrogen and oxygen atoms in total. The van der Waals surface area contributed by atoms with E-state index in [-0.39, 0.29) is 10.6 Å². The fourth-order valence-electron chi connectivity index (χ4n) is 0.602. The number of carbonyl (C=O) groups excluding carboxylic acids is 1. The van der Waals surface area contributed by atoms with Crippen molar-refractivity contribution in [3.05, 3.63) is 35.9 Å². The molecule has 1 aromatic carbocycles. The second-order valence-corrected chi connectivity index (χ2v) is 1.73. The van der Waals surface area contributed by atoms with E-state index in [0.717, 1.165) is 0 Å². The van der Waals surface area contributed by atoms with Gasteiger partial charge in [0.1, 0.15) is 0 Å². The van der Waals surface area contributed by atoms with Gasteiger partial charge in [0.05, 0.1) is 0 Å². The van der Waals surface area contributed by atoms with Gasteiger partial charge < -0.3 is 5.73 Å². The summed E-state index contributed by atoms with van der Waals surface area (Å²) in [6.07, 6.45) is 0. The minimum absolute atomic E-state index is 0. The summed E-state index contributed by atoms with van der Waals surface area (Å²) >= 11 is 0. The number of nitrogens with two attached hydrogens (primary N) is 1. The molecule has 0 bridgehead atoms. The summed E-state index contributed by atoms with van der Waals surface area (Å²) in [6.45, 7) is 0. The van der Waals surface area contributed by atoms with Gasteiger partial charge in [0, 0.05) is 5.56 Å². The first-order chi connectivity index (χ1) is 4.30. The Morgan fingerprint density at radius 3 is 2.00 bits per heavy atom. The van der Waals surface area contributed by atoms with Gasteiger partial charge in [-0.1, -0.05) is 18.2 Å². The molecule has 0 fully saturated rings. The van der Waals surface area contributed by atoms with Gasteiger partial charge in [-0.05, 0) is 12.1 Å². The second kappa shape index (κ2) is 3.61. The van der Waals surface area contributed by atoms with Crippen LogP contribution in [-0.2, 0) is 0 Å². The van der Waals surface area contributed by atoms with Gasteiger partial charge >= 0.3 is 0 Å². The largest absolute Gasteiger partial charge is 0.366 e. The molecular weight excluding hydrogens is 133 g/mol. The summed E-state index contributed by atoms with van der Waals surface area (Å²) in [4.78, 5) is 10.4. The lowest BCUT2D eigenvalue weighted by Gasteiger charge is -1.89. The molecule has 0 aromatic heterocycles. The highest BCUT2D eigenvalue weighted by molar-refractivity contribution is 5.92. The van der Waals surface area contributed by atoms with E-state index in [1.54, 1.807) is 24.3 Å². The molecule has 0 aliphatic heterocycles. The molecular formula is C7H8FNO. The molecule has 0 aliphatic rings. The van der Waals surface area contributed by atoms with Crippen molar-refractivity contribution in [2.24, 2.45) is 5.73 Å². The van der Waals surface area contributed by atoms with Crippen LogP contribution in [0.25, 0.3) is 0 Å². The maximum Gasteiger partial charge on any atom is 0.248 e. The molecule has 0 atom stereocenters. The van der Waals surface area contributed by atoms with Crippen molar-refractivity contribution in [3.63, 3.8) is 0 Å². The highest BCUT2D eigenvalue weighted by Crippen LogP contribution is 1.94. The first kappa shape index (κ1) is 8.62. The fraction of sp³-hybridized carbons (Fsp3) is 0. The van der Waals surface area contributed by atoms with Crippen LogP contribution in [0.4, 0.5) is 4.70 Å². The lowest BCUT2D eigenvalue weighted by molar-refractivity contribution is 0.100. The summed E-state index contributed by atoms with van der Waals surface area (Å²) in [7, 11) is 0. The minimum atomic E-state index is -0.379. The van der Waals surface area contributed by atoms with Crippen molar-refractivity contribution in [3.8, 4) is 0 Å². The van der Waals surface area contributed by atoms with E-state index in [1.807, 2.05) is 6.07 Å². The Morgan fingerprint density at radius 1 is 1.20 bits per heavy atom. The molecule has 0 radical (unpaired) electrons. The lowest BCUT2D eigenvalue weighted by atomic mass is 10.2. The SMILES string of the molecule is F.NC(=O)c1ccccc1. The van der Waals surface area contributed by atoms with Gasteiger partial charge in [0.25, 0.3) is 0 Å². The predicted octanol–water partition coefficient (Wildman–Crippen LogP) is 0.938. The zero-order valence-electron chi connectivity index (χ0n) is 5.28. The highest BCUT2D eigenvalue weighted by atomic mass is 19.0. The van der Waals surface area contributed by atoms with Crippen LogP contribution in [0.1, 0.15) is 10.4 Å². The normalized spacial score (nSPS) is 8.00. The Kier molecular flexibility index (Phi) is 3.11. The van der Waals surface area contributed by atoms with E-state index in [9.17, 15) is 4.79 Å². The number of carbonyl (C=O) groups is 1. The second-order valence-electron chi connectivity index (χ2n) is 1.73. The first-order valence-corrected chi connectivity index (χ1v) is 2.65. The van der Waals surface area contributed by atoms with Gasteiger partial charge in [-0.15, -0.1) is 0 Å². The van der Waals surface area contributed by atoms with Gasteiger partial charge in [0.2, 0.25) is 5.91 Å². The quantitative estimate of drug-likeness (QED) is 0.621. The molecule has 0 unspecified atom stereocenters. The fourth-order valence-corrected chi connectivity index (χ4v) is 0.602.